The van der Waals surface area contributed by atoms with Crippen molar-refractivity contribution in [2.24, 2.45) is 10.9 Å². The van der Waals surface area contributed by atoms with Gasteiger partial charge in [0.25, 0.3) is 0 Å². The van der Waals surface area contributed by atoms with Crippen molar-refractivity contribution in [3.63, 3.8) is 0 Å². The highest BCUT2D eigenvalue weighted by molar-refractivity contribution is 14.0. The van der Waals surface area contributed by atoms with E-state index in [0.29, 0.717) is 18.4 Å². The van der Waals surface area contributed by atoms with Crippen molar-refractivity contribution in [2.45, 2.75) is 53.0 Å². The van der Waals surface area contributed by atoms with Gasteiger partial charge in [0.1, 0.15) is 12.3 Å². The van der Waals surface area contributed by atoms with Gasteiger partial charge in [-0.05, 0) is 20.3 Å². The molecule has 0 bridgehead atoms. The number of hydrogen-bond donors (Lipinski definition) is 1. The van der Waals surface area contributed by atoms with Crippen LogP contribution in [0, 0.1) is 5.92 Å². The lowest BCUT2D eigenvalue weighted by molar-refractivity contribution is 0.114. The van der Waals surface area contributed by atoms with E-state index in [1.165, 1.54) is 0 Å². The number of guanidine groups is 1. The van der Waals surface area contributed by atoms with Crippen LogP contribution in [0.5, 0.6) is 0 Å². The molecular weight excluding hydrogens is 431 g/mol. The average Bonchev–Trinajstić information content (AvgIpc) is 3.18. The molecule has 0 aromatic carbocycles. The first kappa shape index (κ1) is 22.2. The van der Waals surface area contributed by atoms with E-state index in [1.807, 2.05) is 13.1 Å². The molecule has 1 aromatic rings. The predicted octanol–water partition coefficient (Wildman–Crippen LogP) is 3.41. The zero-order chi connectivity index (χ0) is 17.6. The van der Waals surface area contributed by atoms with Crippen molar-refractivity contribution < 1.29 is 9.15 Å². The number of likely N-dealkylation sites (tertiary alicyclic amines) is 1. The van der Waals surface area contributed by atoms with E-state index < -0.39 is 0 Å². The first-order chi connectivity index (χ1) is 11.4. The number of nitrogens with one attached hydrogen (secondary N) is 1. The third-order valence-corrected chi connectivity index (χ3v) is 4.13. The summed E-state index contributed by atoms with van der Waals surface area (Å²) in [5.74, 6) is 3.09. The summed E-state index contributed by atoms with van der Waals surface area (Å²) in [5.41, 5.74) is -0.0269. The van der Waals surface area contributed by atoms with Crippen molar-refractivity contribution in [2.75, 3.05) is 32.8 Å². The second kappa shape index (κ2) is 10.4. The van der Waals surface area contributed by atoms with Gasteiger partial charge in [0.15, 0.2) is 5.96 Å². The minimum absolute atomic E-state index is 0. The SMILES string of the molecule is CCNC(=NCc1ncc(C(C)(C)C)o1)N1CCC(COCC)C1.I. The van der Waals surface area contributed by atoms with Gasteiger partial charge in [-0.25, -0.2) is 9.98 Å². The minimum Gasteiger partial charge on any atom is -0.443 e. The van der Waals surface area contributed by atoms with Crippen LogP contribution in [0.15, 0.2) is 15.6 Å². The molecule has 7 heteroatoms. The largest absolute Gasteiger partial charge is 0.443 e. The van der Waals surface area contributed by atoms with Crippen LogP contribution >= 0.6 is 24.0 Å². The van der Waals surface area contributed by atoms with Gasteiger partial charge in [-0.3, -0.25) is 0 Å². The number of nitrogens with zero attached hydrogens (tertiary/aromatic N) is 3. The maximum Gasteiger partial charge on any atom is 0.216 e. The Morgan fingerprint density at radius 1 is 1.44 bits per heavy atom. The summed E-state index contributed by atoms with van der Waals surface area (Å²) in [6.07, 6.45) is 2.96. The average molecular weight is 464 g/mol. The molecule has 1 aliphatic heterocycles. The molecule has 1 aliphatic rings. The van der Waals surface area contributed by atoms with Crippen LogP contribution in [0.2, 0.25) is 0 Å². The number of aliphatic imine (C=N–C) groups is 1. The lowest BCUT2D eigenvalue weighted by Crippen LogP contribution is -2.40. The van der Waals surface area contributed by atoms with E-state index in [9.17, 15) is 0 Å². The van der Waals surface area contributed by atoms with Crippen LogP contribution in [-0.4, -0.2) is 48.7 Å². The fourth-order valence-corrected chi connectivity index (χ4v) is 2.74. The second-order valence-corrected chi connectivity index (χ2v) is 7.30. The number of hydrogen-bond acceptors (Lipinski definition) is 4. The number of aromatic nitrogens is 1. The van der Waals surface area contributed by atoms with Crippen LogP contribution in [0.3, 0.4) is 0 Å². The van der Waals surface area contributed by atoms with Gasteiger partial charge in [0.2, 0.25) is 5.89 Å². The molecule has 0 spiro atoms. The Morgan fingerprint density at radius 3 is 2.80 bits per heavy atom. The summed E-state index contributed by atoms with van der Waals surface area (Å²) < 4.78 is 11.4. The van der Waals surface area contributed by atoms with Crippen LogP contribution in [-0.2, 0) is 16.7 Å². The summed E-state index contributed by atoms with van der Waals surface area (Å²) in [6, 6.07) is 0. The topological polar surface area (TPSA) is 62.9 Å². The Balaban J connectivity index is 0.00000312. The van der Waals surface area contributed by atoms with Crippen molar-refractivity contribution in [1.82, 2.24) is 15.2 Å². The molecule has 1 aromatic heterocycles. The molecule has 1 fully saturated rings. The van der Waals surface area contributed by atoms with Crippen LogP contribution in [0.25, 0.3) is 0 Å². The van der Waals surface area contributed by atoms with Crippen LogP contribution in [0.4, 0.5) is 0 Å². The Kier molecular flexibility index (Phi) is 9.20. The summed E-state index contributed by atoms with van der Waals surface area (Å²) in [6.45, 7) is 15.4. The van der Waals surface area contributed by atoms with E-state index in [4.69, 9.17) is 14.1 Å². The van der Waals surface area contributed by atoms with Crippen molar-refractivity contribution in [1.29, 1.82) is 0 Å². The molecule has 0 radical (unpaired) electrons. The molecule has 25 heavy (non-hydrogen) atoms. The Labute approximate surface area is 168 Å². The maximum atomic E-state index is 5.83. The Morgan fingerprint density at radius 2 is 2.20 bits per heavy atom. The lowest BCUT2D eigenvalue weighted by atomic mass is 9.94. The predicted molar refractivity (Wildman–Crippen MR) is 112 cm³/mol. The summed E-state index contributed by atoms with van der Waals surface area (Å²) in [5, 5.41) is 3.37. The van der Waals surface area contributed by atoms with Gasteiger partial charge in [-0.2, -0.15) is 0 Å². The maximum absolute atomic E-state index is 5.83. The molecule has 1 unspecified atom stereocenters. The van der Waals surface area contributed by atoms with Crippen molar-refractivity contribution in [3.8, 4) is 0 Å². The van der Waals surface area contributed by atoms with Crippen molar-refractivity contribution in [3.05, 3.63) is 17.8 Å². The highest BCUT2D eigenvalue weighted by Gasteiger charge is 2.25. The van der Waals surface area contributed by atoms with E-state index >= 15 is 0 Å². The molecule has 0 amide bonds. The van der Waals surface area contributed by atoms with E-state index in [0.717, 1.165) is 51.0 Å². The quantitative estimate of drug-likeness (QED) is 0.397. The van der Waals surface area contributed by atoms with Gasteiger partial charge < -0.3 is 19.4 Å². The summed E-state index contributed by atoms with van der Waals surface area (Å²) in [4.78, 5) is 11.4. The second-order valence-electron chi connectivity index (χ2n) is 7.30. The minimum atomic E-state index is -0.0269. The highest BCUT2D eigenvalue weighted by Crippen LogP contribution is 2.23. The monoisotopic (exact) mass is 464 g/mol. The summed E-state index contributed by atoms with van der Waals surface area (Å²) >= 11 is 0. The molecule has 1 atom stereocenters. The smallest absolute Gasteiger partial charge is 0.216 e. The molecule has 1 N–H and O–H groups in total. The van der Waals surface area contributed by atoms with E-state index in [1.54, 1.807) is 0 Å². The van der Waals surface area contributed by atoms with Gasteiger partial charge >= 0.3 is 0 Å². The molecule has 6 nitrogen and oxygen atoms in total. The number of halogens is 1. The molecule has 2 rings (SSSR count). The van der Waals surface area contributed by atoms with Crippen LogP contribution in [0.1, 0.15) is 52.7 Å². The number of oxazole rings is 1. The zero-order valence-electron chi connectivity index (χ0n) is 16.2. The third kappa shape index (κ3) is 6.77. The van der Waals surface area contributed by atoms with Crippen LogP contribution < -0.4 is 5.32 Å². The molecule has 144 valence electrons. The van der Waals surface area contributed by atoms with Gasteiger partial charge in [-0.15, -0.1) is 24.0 Å². The lowest BCUT2D eigenvalue weighted by Gasteiger charge is -2.21. The normalized spacial score (nSPS) is 18.4. The molecule has 0 saturated carbocycles. The third-order valence-electron chi connectivity index (χ3n) is 4.13. The molecule has 1 saturated heterocycles. The van der Waals surface area contributed by atoms with E-state index in [2.05, 4.69) is 42.9 Å². The standard InChI is InChI=1S/C18H32N4O2.HI/c1-6-19-17(22-9-8-14(12-22)13-23-7-2)21-11-16-20-10-15(24-16)18(3,4)5;/h10,14H,6-9,11-13H2,1-5H3,(H,19,21);1H. The van der Waals surface area contributed by atoms with Crippen molar-refractivity contribution >= 4 is 29.9 Å². The zero-order valence-corrected chi connectivity index (χ0v) is 18.5. The first-order valence-electron chi connectivity index (χ1n) is 9.00. The van der Waals surface area contributed by atoms with Gasteiger partial charge in [0, 0.05) is 37.6 Å². The van der Waals surface area contributed by atoms with Gasteiger partial charge in [-0.1, -0.05) is 20.8 Å². The molecule has 2 heterocycles. The highest BCUT2D eigenvalue weighted by atomic mass is 127. The van der Waals surface area contributed by atoms with E-state index in [-0.39, 0.29) is 29.4 Å². The Hall–Kier alpha value is -0.830. The number of ether oxygens (including phenoxy) is 1. The molecular formula is C18H33IN4O2. The van der Waals surface area contributed by atoms with Gasteiger partial charge in [0.05, 0.1) is 12.8 Å². The number of rotatable bonds is 6. The Bertz CT molecular complexity index is 539. The fraction of sp³-hybridized carbons (Fsp3) is 0.778. The first-order valence-corrected chi connectivity index (χ1v) is 9.00. The molecule has 0 aliphatic carbocycles. The summed E-state index contributed by atoms with van der Waals surface area (Å²) in [7, 11) is 0. The fourth-order valence-electron chi connectivity index (χ4n) is 2.74.